The number of likely N-dealkylation sites (N-methyl/N-ethyl adjacent to an activating group) is 1. The number of hydrogen-bond acceptors (Lipinski definition) is 8. The highest BCUT2D eigenvalue weighted by atomic mass is 16.6. The van der Waals surface area contributed by atoms with E-state index in [-0.39, 0.29) is 16.4 Å². The molecule has 0 unspecified atom stereocenters. The fourth-order valence-corrected chi connectivity index (χ4v) is 3.14. The Bertz CT molecular complexity index is 581. The standard InChI is InChI=1S/C15H25N7O2/c1-12-3-5-20(6-4-12)15-13(22(23)24)14(16-11-17-15)18-21-9-7-19(2)8-10-21/h11-12H,3-10H2,1-2H3,(H,16,17,18). The molecule has 1 aromatic heterocycles. The topological polar surface area (TPSA) is 90.7 Å². The van der Waals surface area contributed by atoms with E-state index in [2.05, 4.69) is 34.3 Å². The van der Waals surface area contributed by atoms with E-state index in [1.54, 1.807) is 0 Å². The van der Waals surface area contributed by atoms with E-state index in [1.165, 1.54) is 6.33 Å². The Morgan fingerprint density at radius 1 is 1.17 bits per heavy atom. The van der Waals surface area contributed by atoms with Crippen molar-refractivity contribution in [1.82, 2.24) is 19.9 Å². The summed E-state index contributed by atoms with van der Waals surface area (Å²) in [6, 6.07) is 0. The van der Waals surface area contributed by atoms with E-state index in [4.69, 9.17) is 0 Å². The molecule has 2 aliphatic rings. The van der Waals surface area contributed by atoms with Crippen LogP contribution < -0.4 is 10.3 Å². The van der Waals surface area contributed by atoms with Crippen molar-refractivity contribution >= 4 is 17.3 Å². The maximum atomic E-state index is 11.7. The number of nitrogens with zero attached hydrogens (tertiary/aromatic N) is 6. The summed E-state index contributed by atoms with van der Waals surface area (Å²) >= 11 is 0. The van der Waals surface area contributed by atoms with Crippen molar-refractivity contribution < 1.29 is 4.92 Å². The number of piperazine rings is 1. The normalized spacial score (nSPS) is 21.0. The largest absolute Gasteiger partial charge is 0.354 e. The third-order valence-electron chi connectivity index (χ3n) is 4.84. The van der Waals surface area contributed by atoms with Crippen LogP contribution >= 0.6 is 0 Å². The Hall–Kier alpha value is -2.00. The third kappa shape index (κ3) is 3.73. The number of nitrogens with one attached hydrogen (secondary N) is 1. The summed E-state index contributed by atoms with van der Waals surface area (Å²) in [7, 11) is 2.07. The molecular weight excluding hydrogens is 310 g/mol. The van der Waals surface area contributed by atoms with E-state index in [1.807, 2.05) is 9.91 Å². The summed E-state index contributed by atoms with van der Waals surface area (Å²) in [6.45, 7) is 7.25. The van der Waals surface area contributed by atoms with Gasteiger partial charge in [0.2, 0.25) is 11.6 Å². The second-order valence-corrected chi connectivity index (χ2v) is 6.72. The monoisotopic (exact) mass is 335 g/mol. The zero-order valence-electron chi connectivity index (χ0n) is 14.3. The van der Waals surface area contributed by atoms with Gasteiger partial charge in [0.05, 0.1) is 4.92 Å². The van der Waals surface area contributed by atoms with Crippen LogP contribution in [-0.2, 0) is 0 Å². The molecule has 3 rings (SSSR count). The summed E-state index contributed by atoms with van der Waals surface area (Å²) < 4.78 is 0. The molecule has 0 bridgehead atoms. The zero-order chi connectivity index (χ0) is 17.1. The number of anilines is 2. The van der Waals surface area contributed by atoms with E-state index >= 15 is 0 Å². The molecule has 0 aliphatic carbocycles. The molecule has 0 aromatic carbocycles. The summed E-state index contributed by atoms with van der Waals surface area (Å²) in [5.74, 6) is 1.37. The molecule has 2 fully saturated rings. The number of hydrazine groups is 1. The molecule has 9 nitrogen and oxygen atoms in total. The summed E-state index contributed by atoms with van der Waals surface area (Å²) in [4.78, 5) is 23.9. The minimum absolute atomic E-state index is 0.0222. The van der Waals surface area contributed by atoms with Gasteiger partial charge in [-0.3, -0.25) is 15.5 Å². The minimum Gasteiger partial charge on any atom is -0.351 e. The predicted octanol–water partition coefficient (Wildman–Crippen LogP) is 1.20. The van der Waals surface area contributed by atoms with Gasteiger partial charge in [-0.1, -0.05) is 6.92 Å². The molecule has 1 aromatic rings. The van der Waals surface area contributed by atoms with Crippen LogP contribution in [0.5, 0.6) is 0 Å². The van der Waals surface area contributed by atoms with Gasteiger partial charge in [0.1, 0.15) is 6.33 Å². The fraction of sp³-hybridized carbons (Fsp3) is 0.733. The fourth-order valence-electron chi connectivity index (χ4n) is 3.14. The van der Waals surface area contributed by atoms with Crippen LogP contribution in [0.1, 0.15) is 19.8 Å². The molecule has 1 N–H and O–H groups in total. The number of hydrogen-bond donors (Lipinski definition) is 1. The number of aromatic nitrogens is 2. The zero-order valence-corrected chi connectivity index (χ0v) is 14.3. The summed E-state index contributed by atoms with van der Waals surface area (Å²) in [6.07, 6.45) is 3.48. The molecule has 0 radical (unpaired) electrons. The lowest BCUT2D eigenvalue weighted by atomic mass is 9.99. The first-order valence-electron chi connectivity index (χ1n) is 8.49. The molecule has 132 valence electrons. The van der Waals surface area contributed by atoms with Crippen molar-refractivity contribution in [3.8, 4) is 0 Å². The second kappa shape index (κ2) is 7.27. The van der Waals surface area contributed by atoms with Crippen molar-refractivity contribution in [2.75, 3.05) is 56.6 Å². The molecule has 0 atom stereocenters. The average molecular weight is 335 g/mol. The van der Waals surface area contributed by atoms with Crippen LogP contribution in [0.15, 0.2) is 6.33 Å². The lowest BCUT2D eigenvalue weighted by Gasteiger charge is -2.33. The predicted molar refractivity (Wildman–Crippen MR) is 92.0 cm³/mol. The molecule has 0 saturated carbocycles. The molecule has 9 heteroatoms. The van der Waals surface area contributed by atoms with Gasteiger partial charge < -0.3 is 9.80 Å². The molecule has 2 saturated heterocycles. The maximum Gasteiger partial charge on any atom is 0.354 e. The number of nitro groups is 1. The van der Waals surface area contributed by atoms with Gasteiger partial charge in [-0.2, -0.15) is 0 Å². The first-order chi connectivity index (χ1) is 11.5. The summed E-state index contributed by atoms with van der Waals surface area (Å²) in [5, 5.41) is 13.7. The quantitative estimate of drug-likeness (QED) is 0.648. The maximum absolute atomic E-state index is 11.7. The number of piperidine rings is 1. The van der Waals surface area contributed by atoms with E-state index in [9.17, 15) is 10.1 Å². The Kier molecular flexibility index (Phi) is 5.10. The second-order valence-electron chi connectivity index (χ2n) is 6.72. The smallest absolute Gasteiger partial charge is 0.351 e. The van der Waals surface area contributed by atoms with E-state index in [0.29, 0.717) is 11.7 Å². The van der Waals surface area contributed by atoms with Crippen LogP contribution in [0.25, 0.3) is 0 Å². The van der Waals surface area contributed by atoms with Gasteiger partial charge in [0.25, 0.3) is 0 Å². The van der Waals surface area contributed by atoms with Crippen LogP contribution in [0.2, 0.25) is 0 Å². The van der Waals surface area contributed by atoms with E-state index in [0.717, 1.165) is 52.1 Å². The van der Waals surface area contributed by atoms with Gasteiger partial charge in [-0.25, -0.2) is 15.0 Å². The lowest BCUT2D eigenvalue weighted by molar-refractivity contribution is -0.383. The van der Waals surface area contributed by atoms with Crippen molar-refractivity contribution in [1.29, 1.82) is 0 Å². The first-order valence-corrected chi connectivity index (χ1v) is 8.49. The highest BCUT2D eigenvalue weighted by Crippen LogP contribution is 2.34. The Morgan fingerprint density at radius 3 is 2.46 bits per heavy atom. The Balaban J connectivity index is 1.81. The molecule has 2 aliphatic heterocycles. The van der Waals surface area contributed by atoms with Gasteiger partial charge in [-0.15, -0.1) is 0 Å². The molecule has 0 amide bonds. The number of rotatable bonds is 4. The van der Waals surface area contributed by atoms with E-state index < -0.39 is 0 Å². The third-order valence-corrected chi connectivity index (χ3v) is 4.84. The van der Waals surface area contributed by atoms with Crippen molar-refractivity contribution in [2.24, 2.45) is 5.92 Å². The van der Waals surface area contributed by atoms with Gasteiger partial charge in [0.15, 0.2) is 0 Å². The SMILES string of the molecule is CC1CCN(c2ncnc(NN3CCN(C)CC3)c2[N+](=O)[O-])CC1. The van der Waals surface area contributed by atoms with Crippen molar-refractivity contribution in [2.45, 2.75) is 19.8 Å². The lowest BCUT2D eigenvalue weighted by Crippen LogP contribution is -2.47. The Morgan fingerprint density at radius 2 is 1.83 bits per heavy atom. The van der Waals surface area contributed by atoms with Crippen LogP contribution in [-0.4, -0.2) is 71.1 Å². The van der Waals surface area contributed by atoms with Crippen LogP contribution in [0.3, 0.4) is 0 Å². The van der Waals surface area contributed by atoms with Crippen LogP contribution in [0.4, 0.5) is 17.3 Å². The average Bonchev–Trinajstić information content (AvgIpc) is 2.57. The highest BCUT2D eigenvalue weighted by molar-refractivity contribution is 5.70. The molecular formula is C15H25N7O2. The van der Waals surface area contributed by atoms with Gasteiger partial charge in [0, 0.05) is 39.3 Å². The van der Waals surface area contributed by atoms with Gasteiger partial charge in [-0.05, 0) is 25.8 Å². The molecule has 0 spiro atoms. The molecule has 24 heavy (non-hydrogen) atoms. The van der Waals surface area contributed by atoms with Crippen LogP contribution in [0, 0.1) is 16.0 Å². The highest BCUT2D eigenvalue weighted by Gasteiger charge is 2.30. The first kappa shape index (κ1) is 16.8. The van der Waals surface area contributed by atoms with Gasteiger partial charge >= 0.3 is 5.69 Å². The molecule has 3 heterocycles. The minimum atomic E-state index is -0.369. The van der Waals surface area contributed by atoms with Crippen molar-refractivity contribution in [3.63, 3.8) is 0 Å². The summed E-state index contributed by atoms with van der Waals surface area (Å²) in [5.41, 5.74) is 3.10. The van der Waals surface area contributed by atoms with Crippen molar-refractivity contribution in [3.05, 3.63) is 16.4 Å². The Labute approximate surface area is 141 Å².